The molecule has 1 N–H and O–H groups in total. The highest BCUT2D eigenvalue weighted by atomic mass is 16.3. The number of rotatable bonds is 2. The smallest absolute Gasteiger partial charge is 0.190 e. The van der Waals surface area contributed by atoms with Crippen molar-refractivity contribution in [2.75, 3.05) is 0 Å². The lowest BCUT2D eigenvalue weighted by atomic mass is 9.53. The van der Waals surface area contributed by atoms with Crippen LogP contribution in [0.2, 0.25) is 0 Å². The molecule has 3 heterocycles. The summed E-state index contributed by atoms with van der Waals surface area (Å²) < 4.78 is 2.41. The van der Waals surface area contributed by atoms with Crippen LogP contribution in [0.1, 0.15) is 46.3 Å². The molecule has 0 spiro atoms. The van der Waals surface area contributed by atoms with Crippen LogP contribution >= 0.6 is 0 Å². The van der Waals surface area contributed by atoms with Gasteiger partial charge in [-0.25, -0.2) is 0 Å². The summed E-state index contributed by atoms with van der Waals surface area (Å²) >= 11 is 0. The van der Waals surface area contributed by atoms with Crippen molar-refractivity contribution in [1.82, 2.24) is 0 Å². The van der Waals surface area contributed by atoms with E-state index < -0.39 is 0 Å². The van der Waals surface area contributed by atoms with Crippen LogP contribution in [0.15, 0.2) is 103 Å². The van der Waals surface area contributed by atoms with Gasteiger partial charge in [0.25, 0.3) is 0 Å². The second-order valence-corrected chi connectivity index (χ2v) is 8.17. The Morgan fingerprint density at radius 3 is 2.07 bits per heavy atom. The first-order valence-electron chi connectivity index (χ1n) is 10.2. The average Bonchev–Trinajstić information content (AvgIpc) is 2.80. The Balaban J connectivity index is 1.75. The number of phenolic OH excluding ortho intramolecular Hbond substituents is 1. The minimum absolute atomic E-state index is 0.0506. The van der Waals surface area contributed by atoms with E-state index in [1.54, 1.807) is 0 Å². The van der Waals surface area contributed by atoms with E-state index >= 15 is 0 Å². The highest BCUT2D eigenvalue weighted by Gasteiger charge is 2.60. The Hall–Kier alpha value is -3.39. The van der Waals surface area contributed by atoms with E-state index in [2.05, 4.69) is 95.7 Å². The lowest BCUT2D eigenvalue weighted by molar-refractivity contribution is -0.732. The summed E-state index contributed by atoms with van der Waals surface area (Å²) in [7, 11) is 0. The molecule has 2 bridgehead atoms. The van der Waals surface area contributed by atoms with Gasteiger partial charge in [0.05, 0.1) is 5.92 Å². The number of aromatic nitrogens is 1. The maximum Gasteiger partial charge on any atom is 0.190 e. The Bertz CT molecular complexity index is 1160. The minimum Gasteiger partial charge on any atom is -0.508 e. The molecule has 0 saturated heterocycles. The molecule has 1 aliphatic carbocycles. The predicted octanol–water partition coefficient (Wildman–Crippen LogP) is 5.10. The minimum atomic E-state index is -0.222. The van der Waals surface area contributed by atoms with Gasteiger partial charge in [-0.05, 0) is 17.2 Å². The molecule has 7 rings (SSSR count). The fraction of sp³-hybridized carbons (Fsp3) is 0.148. The summed E-state index contributed by atoms with van der Waals surface area (Å²) in [5.74, 6) is 0.457. The van der Waals surface area contributed by atoms with Crippen LogP contribution in [0.4, 0.5) is 0 Å². The summed E-state index contributed by atoms with van der Waals surface area (Å²) in [6.07, 6.45) is 3.17. The third-order valence-corrected chi connectivity index (χ3v) is 6.90. The van der Waals surface area contributed by atoms with Crippen molar-refractivity contribution in [2.45, 2.75) is 23.8 Å². The molecule has 4 aromatic rings. The SMILES string of the molecule is Oc1cccc2c1[C@H]1c3cccc[n+]3[C@@H]2CC1(c1ccccc1)c1ccccc1. The summed E-state index contributed by atoms with van der Waals surface area (Å²) in [5.41, 5.74) is 6.00. The molecule has 0 amide bonds. The van der Waals surface area contributed by atoms with Gasteiger partial charge in [-0.1, -0.05) is 78.9 Å². The molecule has 0 unspecified atom stereocenters. The first-order chi connectivity index (χ1) is 14.3. The molecule has 3 aromatic carbocycles. The number of nitrogens with zero attached hydrogens (tertiary/aromatic N) is 1. The van der Waals surface area contributed by atoms with Crippen molar-refractivity contribution in [3.05, 3.63) is 131 Å². The molecule has 0 fully saturated rings. The average molecular weight is 376 g/mol. The highest BCUT2D eigenvalue weighted by Crippen LogP contribution is 2.60. The van der Waals surface area contributed by atoms with Crippen LogP contribution in [0.5, 0.6) is 5.75 Å². The second kappa shape index (κ2) is 6.05. The highest BCUT2D eigenvalue weighted by molar-refractivity contribution is 5.58. The molecule has 2 aliphatic heterocycles. The van der Waals surface area contributed by atoms with Crippen molar-refractivity contribution >= 4 is 0 Å². The van der Waals surface area contributed by atoms with Crippen LogP contribution in [-0.4, -0.2) is 5.11 Å². The molecular weight excluding hydrogens is 354 g/mol. The van der Waals surface area contributed by atoms with E-state index in [1.807, 2.05) is 12.1 Å². The molecule has 0 saturated carbocycles. The monoisotopic (exact) mass is 376 g/mol. The number of pyridine rings is 1. The first kappa shape index (κ1) is 16.6. The van der Waals surface area contributed by atoms with Gasteiger partial charge >= 0.3 is 0 Å². The first-order valence-corrected chi connectivity index (χ1v) is 10.2. The van der Waals surface area contributed by atoms with Crippen molar-refractivity contribution in [3.8, 4) is 5.75 Å². The lowest BCUT2D eigenvalue weighted by Crippen LogP contribution is -2.60. The normalized spacial score (nSPS) is 20.7. The van der Waals surface area contributed by atoms with Gasteiger partial charge < -0.3 is 5.11 Å². The van der Waals surface area contributed by atoms with Crippen molar-refractivity contribution in [1.29, 1.82) is 0 Å². The second-order valence-electron chi connectivity index (χ2n) is 8.17. The van der Waals surface area contributed by atoms with E-state index in [9.17, 15) is 5.11 Å². The summed E-state index contributed by atoms with van der Waals surface area (Å²) in [6.45, 7) is 0. The zero-order valence-corrected chi connectivity index (χ0v) is 16.1. The number of fused-ring (bicyclic) bond motifs is 1. The van der Waals surface area contributed by atoms with Gasteiger partial charge in [0, 0.05) is 35.1 Å². The maximum atomic E-state index is 11.0. The largest absolute Gasteiger partial charge is 0.508 e. The van der Waals surface area contributed by atoms with E-state index in [0.29, 0.717) is 5.75 Å². The van der Waals surface area contributed by atoms with Crippen molar-refractivity contribution < 1.29 is 9.67 Å². The molecular formula is C27H22NO+. The van der Waals surface area contributed by atoms with Crippen molar-refractivity contribution in [2.24, 2.45) is 0 Å². The molecule has 140 valence electrons. The topological polar surface area (TPSA) is 24.1 Å². The third kappa shape index (κ3) is 2.14. The summed E-state index contributed by atoms with van der Waals surface area (Å²) in [5, 5.41) is 11.0. The van der Waals surface area contributed by atoms with Gasteiger partial charge in [0.1, 0.15) is 5.75 Å². The number of hydrogen-bond donors (Lipinski definition) is 1. The van der Waals surface area contributed by atoms with Gasteiger partial charge in [-0.2, -0.15) is 4.57 Å². The Kier molecular flexibility index (Phi) is 3.45. The van der Waals surface area contributed by atoms with Crippen LogP contribution in [0.25, 0.3) is 0 Å². The van der Waals surface area contributed by atoms with E-state index in [1.165, 1.54) is 22.4 Å². The molecule has 2 nitrogen and oxygen atoms in total. The van der Waals surface area contributed by atoms with E-state index in [0.717, 1.165) is 12.0 Å². The maximum absolute atomic E-state index is 11.0. The fourth-order valence-corrected chi connectivity index (χ4v) is 5.81. The van der Waals surface area contributed by atoms with Crippen LogP contribution in [0, 0.1) is 0 Å². The Labute approximate surface area is 170 Å². The third-order valence-electron chi connectivity index (χ3n) is 6.90. The molecule has 2 atom stereocenters. The van der Waals surface area contributed by atoms with E-state index in [4.69, 9.17) is 0 Å². The Morgan fingerprint density at radius 1 is 0.724 bits per heavy atom. The van der Waals surface area contributed by atoms with Crippen LogP contribution < -0.4 is 4.57 Å². The molecule has 0 radical (unpaired) electrons. The fourth-order valence-electron chi connectivity index (χ4n) is 5.81. The molecule has 29 heavy (non-hydrogen) atoms. The predicted molar refractivity (Wildman–Crippen MR) is 113 cm³/mol. The molecule has 2 heteroatoms. The number of benzene rings is 3. The lowest BCUT2D eigenvalue weighted by Gasteiger charge is -2.50. The van der Waals surface area contributed by atoms with Gasteiger partial charge in [0.15, 0.2) is 17.9 Å². The Morgan fingerprint density at radius 2 is 1.38 bits per heavy atom. The van der Waals surface area contributed by atoms with E-state index in [-0.39, 0.29) is 17.4 Å². The summed E-state index contributed by atoms with van der Waals surface area (Å²) in [4.78, 5) is 0. The quantitative estimate of drug-likeness (QED) is 0.483. The molecule has 1 aromatic heterocycles. The van der Waals surface area contributed by atoms with Crippen LogP contribution in [-0.2, 0) is 5.41 Å². The standard InChI is InChI=1S/C27H21NO/c29-24-16-9-14-21-23-18-27(19-10-3-1-4-11-19,20-12-5-2-6-13-20)26(25(21)24)22-15-7-8-17-28(22)23/h1-17,23,26H,18H2/p+1/t23-,26-/m1/s1. The number of phenols is 1. The molecule has 3 aliphatic rings. The van der Waals surface area contributed by atoms with Gasteiger partial charge in [0.2, 0.25) is 0 Å². The van der Waals surface area contributed by atoms with Gasteiger partial charge in [-0.3, -0.25) is 0 Å². The number of aromatic hydroxyl groups is 1. The number of hydrogen-bond acceptors (Lipinski definition) is 1. The zero-order chi connectivity index (χ0) is 19.4. The van der Waals surface area contributed by atoms with Gasteiger partial charge in [-0.15, -0.1) is 0 Å². The van der Waals surface area contributed by atoms with Crippen LogP contribution in [0.3, 0.4) is 0 Å². The van der Waals surface area contributed by atoms with Crippen molar-refractivity contribution in [3.63, 3.8) is 0 Å². The zero-order valence-electron chi connectivity index (χ0n) is 16.1. The summed E-state index contributed by atoms with van der Waals surface area (Å²) in [6, 6.07) is 34.4.